The number of nitrogens with zero attached hydrogens (tertiary/aromatic N) is 6. The van der Waals surface area contributed by atoms with Crippen LogP contribution in [0, 0.1) is 0 Å². The molecular formula is C25H24N6O4. The SMILES string of the molecule is CCOC(=O)/C=C(/Cn1nnnc1CCCc1ccc2cccnc2n1)c1ccc2c(c1)OCO2. The summed E-state index contributed by atoms with van der Waals surface area (Å²) in [6, 6.07) is 13.5. The monoisotopic (exact) mass is 472 g/mol. The second-order valence-corrected chi connectivity index (χ2v) is 7.95. The number of pyridine rings is 2. The van der Waals surface area contributed by atoms with Crippen LogP contribution in [-0.2, 0) is 28.9 Å². The van der Waals surface area contributed by atoms with E-state index < -0.39 is 5.97 Å². The fourth-order valence-corrected chi connectivity index (χ4v) is 3.89. The summed E-state index contributed by atoms with van der Waals surface area (Å²) < 4.78 is 17.7. The number of hydrogen-bond acceptors (Lipinski definition) is 9. The van der Waals surface area contributed by atoms with E-state index in [-0.39, 0.29) is 13.4 Å². The van der Waals surface area contributed by atoms with Crippen molar-refractivity contribution in [3.63, 3.8) is 0 Å². The number of carbonyl (C=O) groups is 1. The highest BCUT2D eigenvalue weighted by molar-refractivity contribution is 5.91. The van der Waals surface area contributed by atoms with Crippen molar-refractivity contribution >= 4 is 22.6 Å². The highest BCUT2D eigenvalue weighted by Gasteiger charge is 2.17. The number of hydrogen-bond donors (Lipinski definition) is 0. The van der Waals surface area contributed by atoms with Gasteiger partial charge in [0.25, 0.3) is 0 Å². The summed E-state index contributed by atoms with van der Waals surface area (Å²) in [5.74, 6) is 1.60. The predicted octanol–water partition coefficient (Wildman–Crippen LogP) is 3.17. The van der Waals surface area contributed by atoms with Crippen molar-refractivity contribution in [3.05, 3.63) is 71.8 Å². The minimum Gasteiger partial charge on any atom is -0.463 e. The smallest absolute Gasteiger partial charge is 0.331 e. The third-order valence-electron chi connectivity index (χ3n) is 5.60. The Bertz CT molecular complexity index is 1380. The molecule has 0 unspecified atom stereocenters. The molecule has 0 amide bonds. The molecule has 5 rings (SSSR count). The summed E-state index contributed by atoms with van der Waals surface area (Å²) >= 11 is 0. The Balaban J connectivity index is 1.30. The number of tetrazole rings is 1. The lowest BCUT2D eigenvalue weighted by Gasteiger charge is -2.11. The first-order chi connectivity index (χ1) is 17.2. The Kier molecular flexibility index (Phi) is 6.60. The largest absolute Gasteiger partial charge is 0.463 e. The van der Waals surface area contributed by atoms with Gasteiger partial charge in [0.05, 0.1) is 13.2 Å². The number of aromatic nitrogens is 6. The average molecular weight is 473 g/mol. The van der Waals surface area contributed by atoms with E-state index in [0.29, 0.717) is 30.0 Å². The van der Waals surface area contributed by atoms with E-state index in [0.717, 1.165) is 41.0 Å². The number of carbonyl (C=O) groups excluding carboxylic acids is 1. The maximum atomic E-state index is 12.3. The van der Waals surface area contributed by atoms with E-state index in [2.05, 4.69) is 25.5 Å². The number of allylic oxidation sites excluding steroid dienone is 1. The van der Waals surface area contributed by atoms with E-state index in [1.54, 1.807) is 17.8 Å². The normalized spacial score (nSPS) is 12.8. The van der Waals surface area contributed by atoms with Crippen LogP contribution in [0.15, 0.2) is 54.7 Å². The van der Waals surface area contributed by atoms with Crippen molar-refractivity contribution in [2.75, 3.05) is 13.4 Å². The van der Waals surface area contributed by atoms with Crippen LogP contribution in [-0.4, -0.2) is 49.5 Å². The van der Waals surface area contributed by atoms with Crippen molar-refractivity contribution in [1.29, 1.82) is 0 Å². The number of rotatable bonds is 9. The Morgan fingerprint density at radius 2 is 2.06 bits per heavy atom. The third kappa shape index (κ3) is 5.26. The van der Waals surface area contributed by atoms with Crippen LogP contribution in [0.5, 0.6) is 11.5 Å². The van der Waals surface area contributed by atoms with Gasteiger partial charge in [0.15, 0.2) is 23.0 Å². The molecule has 0 aliphatic carbocycles. The second kappa shape index (κ2) is 10.3. The number of fused-ring (bicyclic) bond motifs is 2. The first-order valence-electron chi connectivity index (χ1n) is 11.4. The second-order valence-electron chi connectivity index (χ2n) is 7.95. The van der Waals surface area contributed by atoms with Gasteiger partial charge in [-0.3, -0.25) is 0 Å². The third-order valence-corrected chi connectivity index (χ3v) is 5.60. The molecule has 0 N–H and O–H groups in total. The molecule has 0 atom stereocenters. The van der Waals surface area contributed by atoms with E-state index in [9.17, 15) is 4.79 Å². The summed E-state index contributed by atoms with van der Waals surface area (Å²) in [7, 11) is 0. The zero-order valence-corrected chi connectivity index (χ0v) is 19.3. The quantitative estimate of drug-likeness (QED) is 0.268. The molecule has 0 spiro atoms. The zero-order chi connectivity index (χ0) is 24.0. The minimum absolute atomic E-state index is 0.176. The molecule has 10 heteroatoms. The Labute approximate surface area is 201 Å². The molecule has 3 aromatic heterocycles. The Hall–Kier alpha value is -4.34. The molecular weight excluding hydrogens is 448 g/mol. The number of esters is 1. The highest BCUT2D eigenvalue weighted by atomic mass is 16.7. The summed E-state index contributed by atoms with van der Waals surface area (Å²) in [6.07, 6.45) is 5.45. The Morgan fingerprint density at radius 3 is 2.97 bits per heavy atom. The van der Waals surface area contributed by atoms with Gasteiger partial charge >= 0.3 is 5.97 Å². The van der Waals surface area contributed by atoms with E-state index in [1.165, 1.54) is 6.08 Å². The molecule has 0 saturated heterocycles. The molecule has 0 bridgehead atoms. The van der Waals surface area contributed by atoms with E-state index in [1.807, 2.05) is 42.5 Å². The van der Waals surface area contributed by atoms with Crippen LogP contribution in [0.1, 0.15) is 30.4 Å². The van der Waals surface area contributed by atoms with Crippen LogP contribution >= 0.6 is 0 Å². The zero-order valence-electron chi connectivity index (χ0n) is 19.3. The molecule has 0 radical (unpaired) electrons. The van der Waals surface area contributed by atoms with Crippen molar-refractivity contribution in [2.24, 2.45) is 0 Å². The van der Waals surface area contributed by atoms with Gasteiger partial charge in [-0.15, -0.1) is 5.10 Å². The van der Waals surface area contributed by atoms with Gasteiger partial charge in [-0.25, -0.2) is 19.4 Å². The van der Waals surface area contributed by atoms with Crippen molar-refractivity contribution in [1.82, 2.24) is 30.2 Å². The van der Waals surface area contributed by atoms with Crippen LogP contribution in [0.25, 0.3) is 16.6 Å². The lowest BCUT2D eigenvalue weighted by molar-refractivity contribution is -0.137. The minimum atomic E-state index is -0.425. The Morgan fingerprint density at radius 1 is 1.14 bits per heavy atom. The summed E-state index contributed by atoms with van der Waals surface area (Å²) in [5.41, 5.74) is 3.22. The lowest BCUT2D eigenvalue weighted by Crippen LogP contribution is -2.10. The molecule has 10 nitrogen and oxygen atoms in total. The molecule has 0 saturated carbocycles. The summed E-state index contributed by atoms with van der Waals surface area (Å²) in [5, 5.41) is 13.2. The first-order valence-corrected chi connectivity index (χ1v) is 11.4. The van der Waals surface area contributed by atoms with Crippen LogP contribution in [0.3, 0.4) is 0 Å². The van der Waals surface area contributed by atoms with Crippen molar-refractivity contribution in [3.8, 4) is 11.5 Å². The molecule has 178 valence electrons. The van der Waals surface area contributed by atoms with Gasteiger partial charge in [-0.05, 0) is 77.7 Å². The topological polar surface area (TPSA) is 114 Å². The standard InChI is InChI=1S/C25H24N6O4/c1-2-33-24(32)14-19(18-9-11-21-22(13-18)35-16-34-21)15-31-23(28-29-30-31)7-3-6-20-10-8-17-5-4-12-26-25(17)27-20/h4-5,8-14H,2-3,6-7,15-16H2,1H3/b19-14-. The first kappa shape index (κ1) is 22.5. The molecule has 4 heterocycles. The van der Waals surface area contributed by atoms with Gasteiger partial charge in [0.1, 0.15) is 0 Å². The summed E-state index contributed by atoms with van der Waals surface area (Å²) in [6.45, 7) is 2.54. The maximum absolute atomic E-state index is 12.3. The molecule has 4 aromatic rings. The van der Waals surface area contributed by atoms with Crippen molar-refractivity contribution < 1.29 is 19.0 Å². The van der Waals surface area contributed by atoms with Gasteiger partial charge < -0.3 is 14.2 Å². The average Bonchev–Trinajstić information content (AvgIpc) is 3.52. The van der Waals surface area contributed by atoms with Crippen LogP contribution < -0.4 is 9.47 Å². The summed E-state index contributed by atoms with van der Waals surface area (Å²) in [4.78, 5) is 21.2. The van der Waals surface area contributed by atoms with Gasteiger partial charge in [-0.2, -0.15) is 0 Å². The number of aryl methyl sites for hydroxylation is 2. The van der Waals surface area contributed by atoms with Gasteiger partial charge in [-0.1, -0.05) is 6.07 Å². The molecule has 1 aliphatic heterocycles. The highest BCUT2D eigenvalue weighted by Crippen LogP contribution is 2.34. The van der Waals surface area contributed by atoms with E-state index in [4.69, 9.17) is 14.2 Å². The van der Waals surface area contributed by atoms with E-state index >= 15 is 0 Å². The number of ether oxygens (including phenoxy) is 3. The fraction of sp³-hybridized carbons (Fsp3) is 0.280. The molecule has 0 fully saturated rings. The molecule has 1 aliphatic rings. The number of benzene rings is 1. The molecule has 1 aromatic carbocycles. The van der Waals surface area contributed by atoms with Gasteiger partial charge in [0.2, 0.25) is 6.79 Å². The predicted molar refractivity (Wildman–Crippen MR) is 127 cm³/mol. The van der Waals surface area contributed by atoms with Crippen LogP contribution in [0.4, 0.5) is 0 Å². The molecule has 35 heavy (non-hydrogen) atoms. The maximum Gasteiger partial charge on any atom is 0.331 e. The fourth-order valence-electron chi connectivity index (χ4n) is 3.89. The van der Waals surface area contributed by atoms with Crippen LogP contribution in [0.2, 0.25) is 0 Å². The van der Waals surface area contributed by atoms with Gasteiger partial charge in [0, 0.05) is 29.8 Å². The lowest BCUT2D eigenvalue weighted by atomic mass is 10.0. The van der Waals surface area contributed by atoms with Crippen molar-refractivity contribution in [2.45, 2.75) is 32.7 Å².